The summed E-state index contributed by atoms with van der Waals surface area (Å²) in [4.78, 5) is 12.3. The summed E-state index contributed by atoms with van der Waals surface area (Å²) in [5, 5.41) is 21.0. The van der Waals surface area contributed by atoms with Crippen LogP contribution in [0.3, 0.4) is 0 Å². The fraction of sp³-hybridized carbons (Fsp3) is 0.211. The molecule has 0 radical (unpaired) electrons. The quantitative estimate of drug-likeness (QED) is 0.671. The van der Waals surface area contributed by atoms with Crippen LogP contribution in [-0.2, 0) is 11.8 Å². The van der Waals surface area contributed by atoms with E-state index in [1.165, 1.54) is 6.08 Å². The van der Waals surface area contributed by atoms with Crippen molar-refractivity contribution in [3.63, 3.8) is 0 Å². The lowest BCUT2D eigenvalue weighted by atomic mass is 10.1. The molecule has 1 amide bonds. The monoisotopic (exact) mass is 334 g/mol. The number of carbonyl (C=O) groups is 1. The van der Waals surface area contributed by atoms with Crippen molar-refractivity contribution in [1.29, 1.82) is 10.5 Å². The number of carbonyl (C=O) groups excluding carboxylic acids is 1. The van der Waals surface area contributed by atoms with Gasteiger partial charge in [0.05, 0.1) is 6.61 Å². The summed E-state index contributed by atoms with van der Waals surface area (Å²) in [6.45, 7) is 4.28. The van der Waals surface area contributed by atoms with Crippen molar-refractivity contribution in [3.05, 3.63) is 52.9 Å². The first-order valence-corrected chi connectivity index (χ1v) is 7.72. The maximum absolute atomic E-state index is 12.3. The molecule has 1 aromatic carbocycles. The zero-order chi connectivity index (χ0) is 18.4. The van der Waals surface area contributed by atoms with Gasteiger partial charge in [0.25, 0.3) is 5.91 Å². The van der Waals surface area contributed by atoms with Crippen LogP contribution in [0.25, 0.3) is 6.08 Å². The van der Waals surface area contributed by atoms with E-state index in [9.17, 15) is 10.1 Å². The van der Waals surface area contributed by atoms with Gasteiger partial charge in [-0.05, 0) is 55.8 Å². The molecule has 1 N–H and O–H groups in total. The molecule has 0 aliphatic heterocycles. The number of rotatable bonds is 5. The van der Waals surface area contributed by atoms with Crippen LogP contribution >= 0.6 is 0 Å². The molecule has 0 spiro atoms. The average Bonchev–Trinajstić information content (AvgIpc) is 2.89. The van der Waals surface area contributed by atoms with Gasteiger partial charge in [-0.1, -0.05) is 0 Å². The maximum Gasteiger partial charge on any atom is 0.266 e. The molecular weight excluding hydrogens is 316 g/mol. The standard InChI is InChI=1S/C19H18N4O2/c1-4-25-18-7-5-16(6-8-18)22-19(24)15(11-20)9-14-10-17(12-21)23(3)13(14)2/h5-10H,4H2,1-3H3,(H,22,24)/b15-9+. The van der Waals surface area contributed by atoms with E-state index in [2.05, 4.69) is 11.4 Å². The minimum atomic E-state index is -0.506. The van der Waals surface area contributed by atoms with Crippen molar-refractivity contribution in [2.45, 2.75) is 13.8 Å². The molecule has 2 aromatic rings. The molecule has 0 fully saturated rings. The van der Waals surface area contributed by atoms with Crippen LogP contribution in [0.1, 0.15) is 23.9 Å². The number of amides is 1. The van der Waals surface area contributed by atoms with E-state index in [1.807, 2.05) is 19.9 Å². The Hall–Kier alpha value is -3.51. The molecule has 25 heavy (non-hydrogen) atoms. The number of nitriles is 2. The molecule has 6 nitrogen and oxygen atoms in total. The van der Waals surface area contributed by atoms with Gasteiger partial charge in [-0.15, -0.1) is 0 Å². The highest BCUT2D eigenvalue weighted by molar-refractivity contribution is 6.09. The largest absolute Gasteiger partial charge is 0.494 e. The highest BCUT2D eigenvalue weighted by Gasteiger charge is 2.13. The Labute approximate surface area is 146 Å². The zero-order valence-corrected chi connectivity index (χ0v) is 14.3. The highest BCUT2D eigenvalue weighted by atomic mass is 16.5. The summed E-state index contributed by atoms with van der Waals surface area (Å²) in [5.74, 6) is 0.203. The van der Waals surface area contributed by atoms with Crippen LogP contribution in [-0.4, -0.2) is 17.1 Å². The Morgan fingerprint density at radius 2 is 2.00 bits per heavy atom. The number of hydrogen-bond donors (Lipinski definition) is 1. The molecule has 0 saturated heterocycles. The van der Waals surface area contributed by atoms with E-state index in [-0.39, 0.29) is 5.57 Å². The molecule has 126 valence electrons. The third kappa shape index (κ3) is 4.07. The van der Waals surface area contributed by atoms with Gasteiger partial charge in [-0.3, -0.25) is 4.79 Å². The summed E-state index contributed by atoms with van der Waals surface area (Å²) in [6, 6.07) is 12.5. The van der Waals surface area contributed by atoms with Gasteiger partial charge >= 0.3 is 0 Å². The van der Waals surface area contributed by atoms with E-state index in [4.69, 9.17) is 10.00 Å². The van der Waals surface area contributed by atoms with E-state index in [1.54, 1.807) is 41.9 Å². The molecular formula is C19H18N4O2. The number of ether oxygens (including phenoxy) is 1. The summed E-state index contributed by atoms with van der Waals surface area (Å²) in [5.41, 5.74) is 2.47. The van der Waals surface area contributed by atoms with Gasteiger partial charge in [0.2, 0.25) is 0 Å². The second-order valence-electron chi connectivity index (χ2n) is 5.32. The molecule has 0 atom stereocenters. The number of anilines is 1. The number of nitrogens with zero attached hydrogens (tertiary/aromatic N) is 3. The summed E-state index contributed by atoms with van der Waals surface area (Å²) in [6.07, 6.45) is 1.49. The second kappa shape index (κ2) is 7.85. The zero-order valence-electron chi connectivity index (χ0n) is 14.3. The van der Waals surface area contributed by atoms with Gasteiger partial charge < -0.3 is 14.6 Å². The molecule has 0 unspecified atom stereocenters. The SMILES string of the molecule is CCOc1ccc(NC(=O)/C(C#N)=C/c2cc(C#N)n(C)c2C)cc1. The fourth-order valence-electron chi connectivity index (χ4n) is 2.28. The molecule has 0 saturated carbocycles. The minimum Gasteiger partial charge on any atom is -0.494 e. The van der Waals surface area contributed by atoms with Gasteiger partial charge in [0.1, 0.15) is 29.2 Å². The predicted molar refractivity (Wildman–Crippen MR) is 94.7 cm³/mol. The van der Waals surface area contributed by atoms with E-state index < -0.39 is 5.91 Å². The van der Waals surface area contributed by atoms with Crippen LogP contribution in [0.15, 0.2) is 35.9 Å². The van der Waals surface area contributed by atoms with E-state index >= 15 is 0 Å². The average molecular weight is 334 g/mol. The number of benzene rings is 1. The molecule has 0 aliphatic rings. The van der Waals surface area contributed by atoms with Gasteiger partial charge in [0, 0.05) is 18.4 Å². The van der Waals surface area contributed by atoms with E-state index in [0.717, 1.165) is 5.69 Å². The summed E-state index contributed by atoms with van der Waals surface area (Å²) >= 11 is 0. The fourth-order valence-corrected chi connectivity index (χ4v) is 2.28. The van der Waals surface area contributed by atoms with Crippen LogP contribution in [0, 0.1) is 29.6 Å². The first-order valence-electron chi connectivity index (χ1n) is 7.72. The highest BCUT2D eigenvalue weighted by Crippen LogP contribution is 2.19. The normalized spacial score (nSPS) is 10.7. The third-order valence-electron chi connectivity index (χ3n) is 3.78. The molecule has 0 aliphatic carbocycles. The predicted octanol–water partition coefficient (Wildman–Crippen LogP) is 3.15. The number of aromatic nitrogens is 1. The maximum atomic E-state index is 12.3. The van der Waals surface area contributed by atoms with Crippen LogP contribution in [0.2, 0.25) is 0 Å². The lowest BCUT2D eigenvalue weighted by molar-refractivity contribution is -0.112. The van der Waals surface area contributed by atoms with Gasteiger partial charge in [-0.2, -0.15) is 10.5 Å². The lowest BCUT2D eigenvalue weighted by Crippen LogP contribution is -2.13. The van der Waals surface area contributed by atoms with Gasteiger partial charge in [0.15, 0.2) is 0 Å². The topological polar surface area (TPSA) is 90.8 Å². The Balaban J connectivity index is 2.21. The Morgan fingerprint density at radius 3 is 2.52 bits per heavy atom. The van der Waals surface area contributed by atoms with Crippen LogP contribution < -0.4 is 10.1 Å². The molecule has 1 aromatic heterocycles. The van der Waals surface area contributed by atoms with Crippen molar-refractivity contribution in [2.24, 2.45) is 7.05 Å². The van der Waals surface area contributed by atoms with Crippen molar-refractivity contribution in [3.8, 4) is 17.9 Å². The smallest absolute Gasteiger partial charge is 0.266 e. The van der Waals surface area contributed by atoms with Crippen molar-refractivity contribution < 1.29 is 9.53 Å². The lowest BCUT2D eigenvalue weighted by Gasteiger charge is -2.06. The number of nitrogens with one attached hydrogen (secondary N) is 1. The first-order chi connectivity index (χ1) is 12.0. The third-order valence-corrected chi connectivity index (χ3v) is 3.78. The van der Waals surface area contributed by atoms with Crippen molar-refractivity contribution in [1.82, 2.24) is 4.57 Å². The Morgan fingerprint density at radius 1 is 1.32 bits per heavy atom. The molecule has 0 bridgehead atoms. The first kappa shape index (κ1) is 17.8. The summed E-state index contributed by atoms with van der Waals surface area (Å²) < 4.78 is 7.06. The molecule has 6 heteroatoms. The van der Waals surface area contributed by atoms with Crippen LogP contribution in [0.4, 0.5) is 5.69 Å². The van der Waals surface area contributed by atoms with Crippen LogP contribution in [0.5, 0.6) is 5.75 Å². The number of hydrogen-bond acceptors (Lipinski definition) is 4. The Bertz CT molecular complexity index is 893. The summed E-state index contributed by atoms with van der Waals surface area (Å²) in [7, 11) is 1.76. The van der Waals surface area contributed by atoms with Crippen molar-refractivity contribution >= 4 is 17.7 Å². The van der Waals surface area contributed by atoms with Crippen molar-refractivity contribution in [2.75, 3.05) is 11.9 Å². The minimum absolute atomic E-state index is 0.0351. The Kier molecular flexibility index (Phi) is 5.60. The molecule has 1 heterocycles. The van der Waals surface area contributed by atoms with E-state index in [0.29, 0.717) is 29.3 Å². The molecule has 2 rings (SSSR count). The van der Waals surface area contributed by atoms with Gasteiger partial charge in [-0.25, -0.2) is 0 Å². The second-order valence-corrected chi connectivity index (χ2v) is 5.32.